The molecule has 122 valence electrons. The molecule has 0 aliphatic rings. The fourth-order valence-corrected chi connectivity index (χ4v) is 3.58. The van der Waals surface area contributed by atoms with Crippen LogP contribution in [0.25, 0.3) is 0 Å². The van der Waals surface area contributed by atoms with Crippen molar-refractivity contribution < 1.29 is 13.2 Å². The molecule has 5 nitrogen and oxygen atoms in total. The van der Waals surface area contributed by atoms with E-state index in [-0.39, 0.29) is 4.90 Å². The monoisotopic (exact) mass is 508 g/mol. The topological polar surface area (TPSA) is 75.3 Å². The number of rotatable bonds is 5. The van der Waals surface area contributed by atoms with Gasteiger partial charge < -0.3 is 5.32 Å². The first-order valence-corrected chi connectivity index (χ1v) is 9.98. The zero-order chi connectivity index (χ0) is 17.0. The maximum atomic E-state index is 12.2. The van der Waals surface area contributed by atoms with Crippen LogP contribution in [0.3, 0.4) is 0 Å². The highest BCUT2D eigenvalue weighted by atomic mass is 127. The Morgan fingerprint density at radius 2 is 1.65 bits per heavy atom. The molecule has 0 aromatic heterocycles. The van der Waals surface area contributed by atoms with Crippen LogP contribution in [0.5, 0.6) is 0 Å². The van der Waals surface area contributed by atoms with Gasteiger partial charge in [-0.1, -0.05) is 15.9 Å². The third kappa shape index (κ3) is 5.27. The number of amides is 1. The Morgan fingerprint density at radius 1 is 1.09 bits per heavy atom. The van der Waals surface area contributed by atoms with Crippen molar-refractivity contribution in [2.75, 3.05) is 5.32 Å². The molecule has 0 bridgehead atoms. The van der Waals surface area contributed by atoms with E-state index < -0.39 is 22.0 Å². The van der Waals surface area contributed by atoms with Crippen LogP contribution in [-0.2, 0) is 14.8 Å². The molecule has 2 N–H and O–H groups in total. The first-order valence-electron chi connectivity index (χ1n) is 6.62. The maximum Gasteiger partial charge on any atom is 0.242 e. The summed E-state index contributed by atoms with van der Waals surface area (Å²) >= 11 is 5.41. The number of halogens is 2. The molecule has 0 fully saturated rings. The summed E-state index contributed by atoms with van der Waals surface area (Å²) in [6.07, 6.45) is 0. The van der Waals surface area contributed by atoms with Gasteiger partial charge in [-0.3, -0.25) is 4.79 Å². The molecule has 2 rings (SSSR count). The van der Waals surface area contributed by atoms with Gasteiger partial charge >= 0.3 is 0 Å². The SMILES string of the molecule is CC(NS(=O)(=O)c1ccc(Br)cc1)C(=O)Nc1ccc(I)cc1. The van der Waals surface area contributed by atoms with Gasteiger partial charge in [-0.15, -0.1) is 0 Å². The Bertz CT molecular complexity index is 792. The summed E-state index contributed by atoms with van der Waals surface area (Å²) in [5, 5.41) is 2.68. The molecule has 0 saturated carbocycles. The van der Waals surface area contributed by atoms with Crippen molar-refractivity contribution >= 4 is 60.1 Å². The van der Waals surface area contributed by atoms with Gasteiger partial charge in [0.25, 0.3) is 0 Å². The van der Waals surface area contributed by atoms with E-state index in [1.54, 1.807) is 24.3 Å². The smallest absolute Gasteiger partial charge is 0.242 e. The molecule has 1 amide bonds. The minimum Gasteiger partial charge on any atom is -0.325 e. The molecule has 23 heavy (non-hydrogen) atoms. The Morgan fingerprint density at radius 3 is 2.22 bits per heavy atom. The number of anilines is 1. The lowest BCUT2D eigenvalue weighted by atomic mass is 10.3. The minimum absolute atomic E-state index is 0.106. The summed E-state index contributed by atoms with van der Waals surface area (Å²) in [5.41, 5.74) is 0.616. The number of sulfonamides is 1. The molecule has 0 aliphatic carbocycles. The summed E-state index contributed by atoms with van der Waals surface area (Å²) in [5.74, 6) is -0.424. The first kappa shape index (κ1) is 18.4. The molecule has 0 spiro atoms. The van der Waals surface area contributed by atoms with E-state index in [4.69, 9.17) is 0 Å². The van der Waals surface area contributed by atoms with Gasteiger partial charge in [0.1, 0.15) is 0 Å². The standard InChI is InChI=1S/C15H14BrIN2O3S/c1-10(15(20)18-13-6-4-12(17)5-7-13)19-23(21,22)14-8-2-11(16)3-9-14/h2-10,19H,1H3,(H,18,20). The van der Waals surface area contributed by atoms with Crippen LogP contribution in [0.1, 0.15) is 6.92 Å². The highest BCUT2D eigenvalue weighted by Crippen LogP contribution is 2.15. The van der Waals surface area contributed by atoms with Gasteiger partial charge in [0, 0.05) is 13.7 Å². The number of nitrogens with one attached hydrogen (secondary N) is 2. The van der Waals surface area contributed by atoms with Crippen molar-refractivity contribution in [2.45, 2.75) is 17.9 Å². The van der Waals surface area contributed by atoms with Crippen LogP contribution in [0, 0.1) is 3.57 Å². The predicted molar refractivity (Wildman–Crippen MR) is 102 cm³/mol. The molecule has 2 aromatic carbocycles. The van der Waals surface area contributed by atoms with Crippen molar-refractivity contribution in [2.24, 2.45) is 0 Å². The predicted octanol–water partition coefficient (Wildman–Crippen LogP) is 3.36. The van der Waals surface area contributed by atoms with Crippen LogP contribution in [0.15, 0.2) is 57.9 Å². The van der Waals surface area contributed by atoms with Gasteiger partial charge in [-0.25, -0.2) is 8.42 Å². The van der Waals surface area contributed by atoms with Gasteiger partial charge in [0.15, 0.2) is 0 Å². The highest BCUT2D eigenvalue weighted by Gasteiger charge is 2.22. The van der Waals surface area contributed by atoms with Gasteiger partial charge in [-0.2, -0.15) is 4.72 Å². The number of hydrogen-bond acceptors (Lipinski definition) is 3. The largest absolute Gasteiger partial charge is 0.325 e. The van der Waals surface area contributed by atoms with Crippen LogP contribution in [0.2, 0.25) is 0 Å². The zero-order valence-corrected chi connectivity index (χ0v) is 16.6. The van der Waals surface area contributed by atoms with E-state index in [0.717, 1.165) is 8.04 Å². The average Bonchev–Trinajstić information content (AvgIpc) is 2.49. The molecular weight excluding hydrogens is 495 g/mol. The van der Waals surface area contributed by atoms with E-state index >= 15 is 0 Å². The lowest BCUT2D eigenvalue weighted by Gasteiger charge is -2.14. The van der Waals surface area contributed by atoms with E-state index in [1.807, 2.05) is 12.1 Å². The van der Waals surface area contributed by atoms with Crippen LogP contribution >= 0.6 is 38.5 Å². The van der Waals surface area contributed by atoms with Gasteiger partial charge in [-0.05, 0) is 78.0 Å². The molecule has 8 heteroatoms. The number of hydrogen-bond donors (Lipinski definition) is 2. The lowest BCUT2D eigenvalue weighted by Crippen LogP contribution is -2.41. The fourth-order valence-electron chi connectivity index (χ4n) is 1.75. The lowest BCUT2D eigenvalue weighted by molar-refractivity contribution is -0.117. The number of carbonyl (C=O) groups excluding carboxylic acids is 1. The van der Waals surface area contributed by atoms with Crippen LogP contribution in [0.4, 0.5) is 5.69 Å². The molecule has 1 atom stereocenters. The normalized spacial score (nSPS) is 12.7. The summed E-state index contributed by atoms with van der Waals surface area (Å²) < 4.78 is 28.7. The first-order chi connectivity index (χ1) is 10.8. The summed E-state index contributed by atoms with van der Waals surface area (Å²) in [6.45, 7) is 1.50. The minimum atomic E-state index is -3.75. The Hall–Kier alpha value is -0.970. The average molecular weight is 509 g/mol. The van der Waals surface area contributed by atoms with Crippen molar-refractivity contribution in [3.63, 3.8) is 0 Å². The van der Waals surface area contributed by atoms with Crippen molar-refractivity contribution in [1.82, 2.24) is 4.72 Å². The second-order valence-electron chi connectivity index (χ2n) is 4.79. The number of carbonyl (C=O) groups is 1. The third-order valence-electron chi connectivity index (χ3n) is 2.96. The molecule has 0 heterocycles. The molecule has 0 saturated heterocycles. The van der Waals surface area contributed by atoms with E-state index in [2.05, 4.69) is 48.6 Å². The van der Waals surface area contributed by atoms with E-state index in [1.165, 1.54) is 19.1 Å². The van der Waals surface area contributed by atoms with E-state index in [9.17, 15) is 13.2 Å². The van der Waals surface area contributed by atoms with Crippen molar-refractivity contribution in [3.8, 4) is 0 Å². The second-order valence-corrected chi connectivity index (χ2v) is 8.67. The second kappa shape index (κ2) is 7.73. The Balaban J connectivity index is 2.05. The van der Waals surface area contributed by atoms with Crippen LogP contribution < -0.4 is 10.0 Å². The fraction of sp³-hybridized carbons (Fsp3) is 0.133. The summed E-state index contributed by atoms with van der Waals surface area (Å²) in [4.78, 5) is 12.2. The number of benzene rings is 2. The highest BCUT2D eigenvalue weighted by molar-refractivity contribution is 14.1. The molecule has 1 unspecified atom stereocenters. The molecule has 2 aromatic rings. The third-order valence-corrected chi connectivity index (χ3v) is 5.77. The zero-order valence-electron chi connectivity index (χ0n) is 12.1. The molecular formula is C15H14BrIN2O3S. The Labute approximate surface area is 157 Å². The Kier molecular flexibility index (Phi) is 6.18. The van der Waals surface area contributed by atoms with Crippen LogP contribution in [-0.4, -0.2) is 20.4 Å². The van der Waals surface area contributed by atoms with Gasteiger partial charge in [0.05, 0.1) is 10.9 Å². The summed E-state index contributed by atoms with van der Waals surface area (Å²) in [6, 6.07) is 12.5. The quantitative estimate of drug-likeness (QED) is 0.608. The molecule has 0 aliphatic heterocycles. The summed E-state index contributed by atoms with van der Waals surface area (Å²) in [7, 11) is -3.75. The molecule has 0 radical (unpaired) electrons. The van der Waals surface area contributed by atoms with Gasteiger partial charge in [0.2, 0.25) is 15.9 Å². The maximum absolute atomic E-state index is 12.2. The van der Waals surface area contributed by atoms with E-state index in [0.29, 0.717) is 5.69 Å². The van der Waals surface area contributed by atoms with Crippen molar-refractivity contribution in [1.29, 1.82) is 0 Å². The van der Waals surface area contributed by atoms with Crippen molar-refractivity contribution in [3.05, 3.63) is 56.6 Å².